The van der Waals surface area contributed by atoms with Crippen LogP contribution in [0.4, 0.5) is 0 Å². The van der Waals surface area contributed by atoms with Crippen molar-refractivity contribution in [1.29, 1.82) is 0 Å². The molecule has 0 spiro atoms. The molecular formula is C11H9BrN2O. The number of nitrogens with zero attached hydrogens (tertiary/aromatic N) is 1. The molecule has 0 aliphatic rings. The highest BCUT2D eigenvalue weighted by Gasteiger charge is 2.04. The lowest BCUT2D eigenvalue weighted by molar-refractivity contribution is 0.0963. The van der Waals surface area contributed by atoms with E-state index in [1.54, 1.807) is 13.2 Å². The smallest absolute Gasteiger partial charge is 0.252 e. The molecule has 2 rings (SSSR count). The van der Waals surface area contributed by atoms with Gasteiger partial charge in [0.15, 0.2) is 0 Å². The number of carbonyl (C=O) groups is 1. The van der Waals surface area contributed by atoms with E-state index < -0.39 is 0 Å². The Bertz CT molecular complexity index is 525. The Morgan fingerprint density at radius 2 is 2.20 bits per heavy atom. The number of amides is 1. The maximum atomic E-state index is 11.4. The second-order valence-electron chi connectivity index (χ2n) is 3.14. The maximum Gasteiger partial charge on any atom is 0.252 e. The minimum absolute atomic E-state index is 0.118. The molecule has 15 heavy (non-hydrogen) atoms. The summed E-state index contributed by atoms with van der Waals surface area (Å²) in [6, 6.07) is 7.60. The third-order valence-electron chi connectivity index (χ3n) is 2.14. The quantitative estimate of drug-likeness (QED) is 0.860. The van der Waals surface area contributed by atoms with Crippen molar-refractivity contribution in [2.24, 2.45) is 0 Å². The van der Waals surface area contributed by atoms with Crippen molar-refractivity contribution in [2.45, 2.75) is 0 Å². The predicted molar refractivity (Wildman–Crippen MR) is 62.8 cm³/mol. The molecule has 0 aliphatic carbocycles. The molecule has 3 nitrogen and oxygen atoms in total. The molecule has 1 aromatic carbocycles. The molecule has 1 N–H and O–H groups in total. The van der Waals surface area contributed by atoms with Crippen LogP contribution < -0.4 is 5.32 Å². The van der Waals surface area contributed by atoms with E-state index in [9.17, 15) is 4.79 Å². The third-order valence-corrected chi connectivity index (χ3v) is 2.63. The second-order valence-corrected chi connectivity index (χ2v) is 4.06. The van der Waals surface area contributed by atoms with Gasteiger partial charge in [0.1, 0.15) is 0 Å². The van der Waals surface area contributed by atoms with Gasteiger partial charge in [0.05, 0.1) is 11.1 Å². The molecule has 0 fully saturated rings. The molecular weight excluding hydrogens is 256 g/mol. The summed E-state index contributed by atoms with van der Waals surface area (Å²) in [5.41, 5.74) is 1.45. The van der Waals surface area contributed by atoms with Crippen LogP contribution in [0.3, 0.4) is 0 Å². The highest BCUT2D eigenvalue weighted by atomic mass is 79.9. The summed E-state index contributed by atoms with van der Waals surface area (Å²) in [4.78, 5) is 15.6. The summed E-state index contributed by atoms with van der Waals surface area (Å²) >= 11 is 3.37. The van der Waals surface area contributed by atoms with Gasteiger partial charge in [-0.15, -0.1) is 0 Å². The highest BCUT2D eigenvalue weighted by Crippen LogP contribution is 2.18. The summed E-state index contributed by atoms with van der Waals surface area (Å²) < 4.78 is 0.982. The van der Waals surface area contributed by atoms with Gasteiger partial charge in [0.25, 0.3) is 5.91 Å². The van der Waals surface area contributed by atoms with Crippen molar-refractivity contribution < 1.29 is 4.79 Å². The van der Waals surface area contributed by atoms with Crippen LogP contribution in [0.5, 0.6) is 0 Å². The van der Waals surface area contributed by atoms with Gasteiger partial charge < -0.3 is 5.32 Å². The van der Waals surface area contributed by atoms with Gasteiger partial charge >= 0.3 is 0 Å². The molecule has 4 heteroatoms. The first-order chi connectivity index (χ1) is 7.20. The maximum absolute atomic E-state index is 11.4. The molecule has 1 aromatic heterocycles. The van der Waals surface area contributed by atoms with E-state index in [0.717, 1.165) is 15.4 Å². The molecule has 0 radical (unpaired) electrons. The Kier molecular flexibility index (Phi) is 2.68. The van der Waals surface area contributed by atoms with Crippen molar-refractivity contribution in [2.75, 3.05) is 7.05 Å². The molecule has 0 aliphatic heterocycles. The van der Waals surface area contributed by atoms with Crippen molar-refractivity contribution in [1.82, 2.24) is 10.3 Å². The standard InChI is InChI=1S/C11H9BrN2O/c1-13-11(15)8-4-7-2-3-9(12)5-10(7)14-6-8/h2-6H,1H3,(H,13,15). The zero-order valence-electron chi connectivity index (χ0n) is 8.12. The summed E-state index contributed by atoms with van der Waals surface area (Å²) in [5, 5.41) is 3.53. The van der Waals surface area contributed by atoms with Crippen molar-refractivity contribution >= 4 is 32.7 Å². The average Bonchev–Trinajstić information content (AvgIpc) is 2.27. The van der Waals surface area contributed by atoms with Crippen molar-refractivity contribution in [3.63, 3.8) is 0 Å². The lowest BCUT2D eigenvalue weighted by atomic mass is 10.1. The Morgan fingerprint density at radius 1 is 1.40 bits per heavy atom. The molecule has 1 heterocycles. The van der Waals surface area contributed by atoms with Crippen LogP contribution in [0.15, 0.2) is 34.9 Å². The van der Waals surface area contributed by atoms with E-state index in [-0.39, 0.29) is 5.91 Å². The van der Waals surface area contributed by atoms with Crippen LogP contribution in [0, 0.1) is 0 Å². The number of nitrogens with one attached hydrogen (secondary N) is 1. The van der Waals surface area contributed by atoms with E-state index in [2.05, 4.69) is 26.2 Å². The fourth-order valence-electron chi connectivity index (χ4n) is 1.36. The number of rotatable bonds is 1. The topological polar surface area (TPSA) is 42.0 Å². The number of carbonyl (C=O) groups excluding carboxylic acids is 1. The molecule has 0 saturated heterocycles. The zero-order valence-corrected chi connectivity index (χ0v) is 9.71. The van der Waals surface area contributed by atoms with Crippen LogP contribution in [0.25, 0.3) is 10.9 Å². The molecule has 2 aromatic rings. The van der Waals surface area contributed by atoms with Crippen LogP contribution in [0.1, 0.15) is 10.4 Å². The summed E-state index contributed by atoms with van der Waals surface area (Å²) in [6.07, 6.45) is 1.58. The lowest BCUT2D eigenvalue weighted by Gasteiger charge is -2.02. The van der Waals surface area contributed by atoms with E-state index in [1.165, 1.54) is 0 Å². The number of hydrogen-bond donors (Lipinski definition) is 1. The molecule has 0 unspecified atom stereocenters. The first kappa shape index (κ1) is 10.1. The molecule has 1 amide bonds. The fraction of sp³-hybridized carbons (Fsp3) is 0.0909. The van der Waals surface area contributed by atoms with Gasteiger partial charge in [-0.1, -0.05) is 22.0 Å². The van der Waals surface area contributed by atoms with Crippen LogP contribution >= 0.6 is 15.9 Å². The minimum Gasteiger partial charge on any atom is -0.355 e. The summed E-state index contributed by atoms with van der Waals surface area (Å²) in [6.45, 7) is 0. The predicted octanol–water partition coefficient (Wildman–Crippen LogP) is 2.36. The van der Waals surface area contributed by atoms with E-state index in [1.807, 2.05) is 24.3 Å². The van der Waals surface area contributed by atoms with Gasteiger partial charge in [-0.25, -0.2) is 0 Å². The summed E-state index contributed by atoms with van der Waals surface area (Å²) in [5.74, 6) is -0.118. The number of benzene rings is 1. The van der Waals surface area contributed by atoms with Crippen LogP contribution in [0.2, 0.25) is 0 Å². The number of halogens is 1. The van der Waals surface area contributed by atoms with Crippen LogP contribution in [-0.4, -0.2) is 17.9 Å². The van der Waals surface area contributed by atoms with E-state index in [0.29, 0.717) is 5.56 Å². The Labute approximate surface area is 95.6 Å². The molecule has 0 bridgehead atoms. The minimum atomic E-state index is -0.118. The first-order valence-electron chi connectivity index (χ1n) is 4.48. The number of aromatic nitrogens is 1. The Hall–Kier alpha value is -1.42. The SMILES string of the molecule is CNC(=O)c1cnc2cc(Br)ccc2c1. The molecule has 0 saturated carbocycles. The fourth-order valence-corrected chi connectivity index (χ4v) is 1.71. The number of pyridine rings is 1. The van der Waals surface area contributed by atoms with Gasteiger partial charge in [-0.05, 0) is 18.2 Å². The lowest BCUT2D eigenvalue weighted by Crippen LogP contribution is -2.17. The summed E-state index contributed by atoms with van der Waals surface area (Å²) in [7, 11) is 1.61. The molecule has 0 atom stereocenters. The van der Waals surface area contributed by atoms with Gasteiger partial charge in [-0.3, -0.25) is 9.78 Å². The Morgan fingerprint density at radius 3 is 2.93 bits per heavy atom. The van der Waals surface area contributed by atoms with Crippen molar-refractivity contribution in [3.8, 4) is 0 Å². The first-order valence-corrected chi connectivity index (χ1v) is 5.27. The zero-order chi connectivity index (χ0) is 10.8. The van der Waals surface area contributed by atoms with Gasteiger partial charge in [-0.2, -0.15) is 0 Å². The number of hydrogen-bond acceptors (Lipinski definition) is 2. The normalized spacial score (nSPS) is 10.3. The van der Waals surface area contributed by atoms with Crippen molar-refractivity contribution in [3.05, 3.63) is 40.5 Å². The number of fused-ring (bicyclic) bond motifs is 1. The Balaban J connectivity index is 2.57. The average molecular weight is 265 g/mol. The van der Waals surface area contributed by atoms with E-state index in [4.69, 9.17) is 0 Å². The highest BCUT2D eigenvalue weighted by molar-refractivity contribution is 9.10. The molecule has 76 valence electrons. The second kappa shape index (κ2) is 3.98. The van der Waals surface area contributed by atoms with Crippen LogP contribution in [-0.2, 0) is 0 Å². The monoisotopic (exact) mass is 264 g/mol. The van der Waals surface area contributed by atoms with Gasteiger partial charge in [0.2, 0.25) is 0 Å². The largest absolute Gasteiger partial charge is 0.355 e. The van der Waals surface area contributed by atoms with E-state index >= 15 is 0 Å². The third kappa shape index (κ3) is 1.99. The van der Waals surface area contributed by atoms with Gasteiger partial charge in [0, 0.05) is 23.1 Å².